The lowest BCUT2D eigenvalue weighted by atomic mass is 10.0. The standard InChI is InChI=1S/C12H21N3O2S2/c1-9-7-18-12(14-9)10(2)15-19(16,17)8-11-3-5-13-6-4-11/h7,10-11,13,15H,3-6,8H2,1-2H3. The Bertz CT molecular complexity index is 507. The third-order valence-corrected chi connectivity index (χ3v) is 6.05. The molecule has 1 aliphatic heterocycles. The maximum absolute atomic E-state index is 12.1. The number of hydrogen-bond acceptors (Lipinski definition) is 5. The van der Waals surface area contributed by atoms with Gasteiger partial charge in [-0.15, -0.1) is 11.3 Å². The minimum atomic E-state index is -3.23. The summed E-state index contributed by atoms with van der Waals surface area (Å²) in [6.07, 6.45) is 1.87. The molecule has 1 atom stereocenters. The maximum Gasteiger partial charge on any atom is 0.212 e. The number of aryl methyl sites for hydroxylation is 1. The topological polar surface area (TPSA) is 71.1 Å². The Morgan fingerprint density at radius 1 is 1.53 bits per heavy atom. The van der Waals surface area contributed by atoms with Crippen molar-refractivity contribution in [2.24, 2.45) is 5.92 Å². The second-order valence-corrected chi connectivity index (χ2v) is 7.83. The number of nitrogens with one attached hydrogen (secondary N) is 2. The summed E-state index contributed by atoms with van der Waals surface area (Å²) >= 11 is 1.50. The number of nitrogens with zero attached hydrogens (tertiary/aromatic N) is 1. The first-order chi connectivity index (χ1) is 8.96. The lowest BCUT2D eigenvalue weighted by molar-refractivity contribution is 0.399. The molecule has 0 saturated carbocycles. The number of sulfonamides is 1. The molecule has 2 heterocycles. The van der Waals surface area contributed by atoms with Gasteiger partial charge in [-0.3, -0.25) is 0 Å². The highest BCUT2D eigenvalue weighted by Crippen LogP contribution is 2.20. The molecule has 19 heavy (non-hydrogen) atoms. The SMILES string of the molecule is Cc1csc(C(C)NS(=O)(=O)CC2CCNCC2)n1. The molecule has 0 aliphatic carbocycles. The van der Waals surface area contributed by atoms with E-state index in [9.17, 15) is 8.42 Å². The van der Waals surface area contributed by atoms with Gasteiger partial charge in [-0.2, -0.15) is 0 Å². The smallest absolute Gasteiger partial charge is 0.212 e. The fourth-order valence-corrected chi connectivity index (χ4v) is 4.88. The van der Waals surface area contributed by atoms with Gasteiger partial charge in [0.2, 0.25) is 10.0 Å². The summed E-state index contributed by atoms with van der Waals surface area (Å²) in [5, 5.41) is 6.01. The predicted molar refractivity (Wildman–Crippen MR) is 77.8 cm³/mol. The van der Waals surface area contributed by atoms with Crippen molar-refractivity contribution in [1.82, 2.24) is 15.0 Å². The molecular formula is C12H21N3O2S2. The third-order valence-electron chi connectivity index (χ3n) is 3.28. The summed E-state index contributed by atoms with van der Waals surface area (Å²) < 4.78 is 27.0. The Labute approximate surface area is 118 Å². The van der Waals surface area contributed by atoms with Gasteiger partial charge in [0.05, 0.1) is 11.8 Å². The van der Waals surface area contributed by atoms with Gasteiger partial charge >= 0.3 is 0 Å². The maximum atomic E-state index is 12.1. The monoisotopic (exact) mass is 303 g/mol. The Hall–Kier alpha value is -0.500. The molecule has 0 bridgehead atoms. The number of piperidine rings is 1. The van der Waals surface area contributed by atoms with Crippen LogP contribution in [0, 0.1) is 12.8 Å². The van der Waals surface area contributed by atoms with Gasteiger partial charge in [0, 0.05) is 11.1 Å². The van der Waals surface area contributed by atoms with E-state index in [4.69, 9.17) is 0 Å². The van der Waals surface area contributed by atoms with Crippen LogP contribution >= 0.6 is 11.3 Å². The Morgan fingerprint density at radius 2 is 2.21 bits per heavy atom. The van der Waals surface area contributed by atoms with E-state index < -0.39 is 10.0 Å². The average Bonchev–Trinajstić information content (AvgIpc) is 2.76. The van der Waals surface area contributed by atoms with Gasteiger partial charge in [-0.25, -0.2) is 18.1 Å². The molecular weight excluding hydrogens is 282 g/mol. The van der Waals surface area contributed by atoms with E-state index in [1.807, 2.05) is 19.2 Å². The van der Waals surface area contributed by atoms with Crippen molar-refractivity contribution in [2.45, 2.75) is 32.7 Å². The normalized spacial score (nSPS) is 19.5. The Kier molecular flexibility index (Phi) is 4.94. The number of aromatic nitrogens is 1. The molecule has 1 aliphatic rings. The number of hydrogen-bond donors (Lipinski definition) is 2. The van der Waals surface area contributed by atoms with Gasteiger partial charge < -0.3 is 5.32 Å². The molecule has 2 rings (SSSR count). The van der Waals surface area contributed by atoms with Crippen molar-refractivity contribution in [2.75, 3.05) is 18.8 Å². The summed E-state index contributed by atoms with van der Waals surface area (Å²) in [5.74, 6) is 0.493. The van der Waals surface area contributed by atoms with E-state index in [2.05, 4.69) is 15.0 Å². The van der Waals surface area contributed by atoms with E-state index in [1.54, 1.807) is 0 Å². The van der Waals surface area contributed by atoms with Crippen molar-refractivity contribution in [3.05, 3.63) is 16.1 Å². The molecule has 0 aromatic carbocycles. The highest BCUT2D eigenvalue weighted by atomic mass is 32.2. The second kappa shape index (κ2) is 6.30. The van der Waals surface area contributed by atoms with Gasteiger partial charge in [0.1, 0.15) is 5.01 Å². The molecule has 1 unspecified atom stereocenters. The van der Waals surface area contributed by atoms with Crippen molar-refractivity contribution >= 4 is 21.4 Å². The first kappa shape index (κ1) is 14.9. The van der Waals surface area contributed by atoms with Crippen LogP contribution in [0.2, 0.25) is 0 Å². The van der Waals surface area contributed by atoms with E-state index in [0.29, 0.717) is 0 Å². The molecule has 2 N–H and O–H groups in total. The van der Waals surface area contributed by atoms with Crippen LogP contribution in [0.1, 0.15) is 36.5 Å². The molecule has 7 heteroatoms. The van der Waals surface area contributed by atoms with E-state index >= 15 is 0 Å². The zero-order chi connectivity index (χ0) is 13.9. The van der Waals surface area contributed by atoms with E-state index in [1.165, 1.54) is 11.3 Å². The van der Waals surface area contributed by atoms with Gasteiger partial charge in [0.25, 0.3) is 0 Å². The molecule has 108 valence electrons. The predicted octanol–water partition coefficient (Wildman–Crippen LogP) is 1.43. The fraction of sp³-hybridized carbons (Fsp3) is 0.750. The van der Waals surface area contributed by atoms with Crippen molar-refractivity contribution in [3.63, 3.8) is 0 Å². The van der Waals surface area contributed by atoms with E-state index in [0.717, 1.165) is 36.6 Å². The summed E-state index contributed by atoms with van der Waals surface area (Å²) in [7, 11) is -3.23. The lowest BCUT2D eigenvalue weighted by Crippen LogP contribution is -2.36. The summed E-state index contributed by atoms with van der Waals surface area (Å²) in [6.45, 7) is 5.59. The lowest BCUT2D eigenvalue weighted by Gasteiger charge is -2.23. The van der Waals surface area contributed by atoms with Crippen LogP contribution in [0.3, 0.4) is 0 Å². The first-order valence-corrected chi connectivity index (χ1v) is 9.12. The molecule has 0 radical (unpaired) electrons. The highest BCUT2D eigenvalue weighted by molar-refractivity contribution is 7.89. The van der Waals surface area contributed by atoms with Crippen LogP contribution in [0.25, 0.3) is 0 Å². The van der Waals surface area contributed by atoms with Crippen LogP contribution < -0.4 is 10.0 Å². The van der Waals surface area contributed by atoms with Gasteiger partial charge in [-0.05, 0) is 45.7 Å². The zero-order valence-corrected chi connectivity index (χ0v) is 13.0. The Morgan fingerprint density at radius 3 is 2.79 bits per heavy atom. The molecule has 1 fully saturated rings. The number of thiazole rings is 1. The zero-order valence-electron chi connectivity index (χ0n) is 11.3. The summed E-state index contributed by atoms with van der Waals surface area (Å²) in [6, 6.07) is -0.245. The van der Waals surface area contributed by atoms with Gasteiger partial charge in [-0.1, -0.05) is 0 Å². The molecule has 0 spiro atoms. The molecule has 5 nitrogen and oxygen atoms in total. The first-order valence-electron chi connectivity index (χ1n) is 6.59. The van der Waals surface area contributed by atoms with Crippen LogP contribution in [0.4, 0.5) is 0 Å². The van der Waals surface area contributed by atoms with Crippen molar-refractivity contribution in [3.8, 4) is 0 Å². The molecule has 1 aromatic heterocycles. The largest absolute Gasteiger partial charge is 0.317 e. The minimum absolute atomic E-state index is 0.226. The average molecular weight is 303 g/mol. The number of rotatable bonds is 5. The van der Waals surface area contributed by atoms with Crippen LogP contribution in [0.15, 0.2) is 5.38 Å². The quantitative estimate of drug-likeness (QED) is 0.863. The third kappa shape index (κ3) is 4.52. The van der Waals surface area contributed by atoms with E-state index in [-0.39, 0.29) is 17.7 Å². The molecule has 1 aromatic rings. The molecule has 0 amide bonds. The van der Waals surface area contributed by atoms with Crippen molar-refractivity contribution in [1.29, 1.82) is 0 Å². The van der Waals surface area contributed by atoms with Crippen molar-refractivity contribution < 1.29 is 8.42 Å². The summed E-state index contributed by atoms with van der Waals surface area (Å²) in [5.41, 5.74) is 0.935. The van der Waals surface area contributed by atoms with Crippen LogP contribution in [-0.2, 0) is 10.0 Å². The van der Waals surface area contributed by atoms with Gasteiger partial charge in [0.15, 0.2) is 0 Å². The second-order valence-electron chi connectivity index (χ2n) is 5.14. The Balaban J connectivity index is 1.92. The fourth-order valence-electron chi connectivity index (χ4n) is 2.30. The minimum Gasteiger partial charge on any atom is -0.317 e. The summed E-state index contributed by atoms with van der Waals surface area (Å²) in [4.78, 5) is 4.32. The van der Waals surface area contributed by atoms with Crippen LogP contribution in [-0.4, -0.2) is 32.2 Å². The van der Waals surface area contributed by atoms with Crippen LogP contribution in [0.5, 0.6) is 0 Å². The highest BCUT2D eigenvalue weighted by Gasteiger charge is 2.23. The molecule has 1 saturated heterocycles.